The predicted octanol–water partition coefficient (Wildman–Crippen LogP) is 4.18. The summed E-state index contributed by atoms with van der Waals surface area (Å²) in [5.74, 6) is 0. The van der Waals surface area contributed by atoms with Crippen molar-refractivity contribution in [2.45, 2.75) is 51.4 Å². The second kappa shape index (κ2) is 9.92. The van der Waals surface area contributed by atoms with Crippen molar-refractivity contribution in [1.82, 2.24) is 10.2 Å². The molecule has 28 heavy (non-hydrogen) atoms. The molecule has 0 aliphatic rings. The Morgan fingerprint density at radius 1 is 1.11 bits per heavy atom. The average Bonchev–Trinajstić information content (AvgIpc) is 2.60. The molecule has 0 aliphatic heterocycles. The molecule has 2 aromatic rings. The molecule has 5 nitrogen and oxygen atoms in total. The van der Waals surface area contributed by atoms with Crippen LogP contribution in [0.3, 0.4) is 0 Å². The minimum atomic E-state index is -1.04. The number of amides is 1. The number of carbonyl (C=O) groups is 1. The Morgan fingerprint density at radius 2 is 1.75 bits per heavy atom. The van der Waals surface area contributed by atoms with Gasteiger partial charge in [0.2, 0.25) is 0 Å². The van der Waals surface area contributed by atoms with Gasteiger partial charge in [0.15, 0.2) is 0 Å². The van der Waals surface area contributed by atoms with Crippen LogP contribution in [0.15, 0.2) is 54.6 Å². The highest BCUT2D eigenvalue weighted by Crippen LogP contribution is 2.23. The topological polar surface area (TPSA) is 72.8 Å². The number of benzene rings is 2. The number of nitrogens with zero attached hydrogens (tertiary/aromatic N) is 1. The Labute approximate surface area is 172 Å². The van der Waals surface area contributed by atoms with Crippen LogP contribution in [0.5, 0.6) is 0 Å². The lowest BCUT2D eigenvalue weighted by Gasteiger charge is -2.42. The van der Waals surface area contributed by atoms with Crippen molar-refractivity contribution < 1.29 is 15.0 Å². The van der Waals surface area contributed by atoms with E-state index in [1.807, 2.05) is 75.4 Å². The Bertz CT molecular complexity index is 762. The van der Waals surface area contributed by atoms with Gasteiger partial charge in [-0.2, -0.15) is 0 Å². The van der Waals surface area contributed by atoms with Crippen LogP contribution in [0.2, 0.25) is 5.02 Å². The molecule has 0 heterocycles. The molecule has 3 N–H and O–H groups in total. The lowest BCUT2D eigenvalue weighted by atomic mass is 9.94. The molecule has 0 radical (unpaired) electrons. The van der Waals surface area contributed by atoms with E-state index < -0.39 is 23.8 Å². The van der Waals surface area contributed by atoms with Gasteiger partial charge in [0.25, 0.3) is 0 Å². The lowest BCUT2D eigenvalue weighted by Crippen LogP contribution is -2.58. The predicted molar refractivity (Wildman–Crippen MR) is 113 cm³/mol. The molecule has 0 spiro atoms. The summed E-state index contributed by atoms with van der Waals surface area (Å²) in [6, 6.07) is 16.6. The number of hydrogen-bond acceptors (Lipinski definition) is 3. The van der Waals surface area contributed by atoms with E-state index >= 15 is 0 Å². The highest BCUT2D eigenvalue weighted by atomic mass is 35.5. The third-order valence-corrected chi connectivity index (χ3v) is 4.80. The molecule has 2 aromatic carbocycles. The first-order valence-corrected chi connectivity index (χ1v) is 9.75. The molecule has 6 heteroatoms. The first kappa shape index (κ1) is 22.2. The third kappa shape index (κ3) is 6.51. The monoisotopic (exact) mass is 404 g/mol. The second-order valence-electron chi connectivity index (χ2n) is 7.91. The zero-order chi connectivity index (χ0) is 20.7. The van der Waals surface area contributed by atoms with Crippen molar-refractivity contribution in [3.8, 4) is 0 Å². The molecule has 0 fully saturated rings. The van der Waals surface area contributed by atoms with E-state index in [9.17, 15) is 15.0 Å². The summed E-state index contributed by atoms with van der Waals surface area (Å²) < 4.78 is 0. The number of aliphatic hydroxyl groups is 1. The standard InChI is InChI=1S/C22H29ClN2O3/c1-22(2,3)25(21(27)28)19(13-16-8-5-4-6-9-16)20(26)15-24-14-17-10-7-11-18(23)12-17/h4-12,19-20,24,26H,13-15H2,1-3H3,(H,27,28)/t19-,20+/m0/s1. The van der Waals surface area contributed by atoms with Crippen LogP contribution < -0.4 is 5.32 Å². The molecule has 1 amide bonds. The van der Waals surface area contributed by atoms with Crippen LogP contribution in [0.1, 0.15) is 31.9 Å². The van der Waals surface area contributed by atoms with Gasteiger partial charge in [-0.1, -0.05) is 54.1 Å². The summed E-state index contributed by atoms with van der Waals surface area (Å²) in [5.41, 5.74) is 1.35. The molecule has 0 bridgehead atoms. The number of carboxylic acid groups (broad SMARTS) is 1. The van der Waals surface area contributed by atoms with E-state index in [0.29, 0.717) is 18.0 Å². The van der Waals surface area contributed by atoms with Crippen LogP contribution in [-0.2, 0) is 13.0 Å². The van der Waals surface area contributed by atoms with Crippen molar-refractivity contribution in [1.29, 1.82) is 0 Å². The van der Waals surface area contributed by atoms with Gasteiger partial charge in [-0.15, -0.1) is 0 Å². The average molecular weight is 405 g/mol. The maximum atomic E-state index is 12.0. The maximum Gasteiger partial charge on any atom is 0.408 e. The van der Waals surface area contributed by atoms with Gasteiger partial charge < -0.3 is 15.5 Å². The van der Waals surface area contributed by atoms with Crippen LogP contribution >= 0.6 is 11.6 Å². The summed E-state index contributed by atoms with van der Waals surface area (Å²) in [6.45, 7) is 6.32. The van der Waals surface area contributed by atoms with Gasteiger partial charge in [0, 0.05) is 23.7 Å². The van der Waals surface area contributed by atoms with Crippen molar-refractivity contribution in [2.24, 2.45) is 0 Å². The van der Waals surface area contributed by atoms with E-state index in [4.69, 9.17) is 11.6 Å². The normalized spacial score (nSPS) is 13.8. The smallest absolute Gasteiger partial charge is 0.408 e. The fourth-order valence-electron chi connectivity index (χ4n) is 3.33. The van der Waals surface area contributed by atoms with Crippen LogP contribution in [0.4, 0.5) is 4.79 Å². The van der Waals surface area contributed by atoms with E-state index in [2.05, 4.69) is 5.32 Å². The first-order valence-electron chi connectivity index (χ1n) is 9.38. The zero-order valence-electron chi connectivity index (χ0n) is 16.6. The van der Waals surface area contributed by atoms with Gasteiger partial charge in [-0.25, -0.2) is 4.79 Å². The Morgan fingerprint density at radius 3 is 2.32 bits per heavy atom. The molecular formula is C22H29ClN2O3. The molecule has 0 unspecified atom stereocenters. The molecule has 0 aliphatic carbocycles. The molecular weight excluding hydrogens is 376 g/mol. The van der Waals surface area contributed by atoms with E-state index in [1.54, 1.807) is 0 Å². The third-order valence-electron chi connectivity index (χ3n) is 4.56. The van der Waals surface area contributed by atoms with Crippen molar-refractivity contribution >= 4 is 17.7 Å². The van der Waals surface area contributed by atoms with Crippen molar-refractivity contribution in [3.63, 3.8) is 0 Å². The number of rotatable bonds is 8. The highest BCUT2D eigenvalue weighted by Gasteiger charge is 2.37. The Hall–Kier alpha value is -2.08. The minimum Gasteiger partial charge on any atom is -0.465 e. The summed E-state index contributed by atoms with van der Waals surface area (Å²) in [7, 11) is 0. The minimum absolute atomic E-state index is 0.268. The highest BCUT2D eigenvalue weighted by molar-refractivity contribution is 6.30. The zero-order valence-corrected chi connectivity index (χ0v) is 17.4. The van der Waals surface area contributed by atoms with Crippen LogP contribution in [0.25, 0.3) is 0 Å². The summed E-state index contributed by atoms with van der Waals surface area (Å²) >= 11 is 6.00. The largest absolute Gasteiger partial charge is 0.465 e. The van der Waals surface area contributed by atoms with Gasteiger partial charge in [0.05, 0.1) is 12.1 Å². The summed E-state index contributed by atoms with van der Waals surface area (Å²) in [4.78, 5) is 13.3. The van der Waals surface area contributed by atoms with Gasteiger partial charge >= 0.3 is 6.09 Å². The van der Waals surface area contributed by atoms with E-state index in [-0.39, 0.29) is 6.54 Å². The van der Waals surface area contributed by atoms with Gasteiger partial charge in [-0.05, 0) is 50.5 Å². The number of nitrogens with one attached hydrogen (secondary N) is 1. The molecule has 0 saturated carbocycles. The number of hydrogen-bond donors (Lipinski definition) is 3. The van der Waals surface area contributed by atoms with Gasteiger partial charge in [-0.3, -0.25) is 4.90 Å². The quantitative estimate of drug-likeness (QED) is 0.617. The number of halogens is 1. The Balaban J connectivity index is 2.13. The first-order chi connectivity index (χ1) is 13.2. The Kier molecular flexibility index (Phi) is 7.87. The molecule has 152 valence electrons. The van der Waals surface area contributed by atoms with Crippen LogP contribution in [0, 0.1) is 0 Å². The molecule has 0 saturated heterocycles. The fourth-order valence-corrected chi connectivity index (χ4v) is 3.54. The second-order valence-corrected chi connectivity index (χ2v) is 8.35. The van der Waals surface area contributed by atoms with Crippen molar-refractivity contribution in [3.05, 3.63) is 70.7 Å². The van der Waals surface area contributed by atoms with Crippen LogP contribution in [-0.4, -0.2) is 45.4 Å². The summed E-state index contributed by atoms with van der Waals surface area (Å²) in [6.07, 6.45) is -1.47. The summed E-state index contributed by atoms with van der Waals surface area (Å²) in [5, 5.41) is 24.6. The maximum absolute atomic E-state index is 12.0. The SMILES string of the molecule is CC(C)(C)N(C(=O)O)[C@@H](Cc1ccccc1)[C@H](O)CNCc1cccc(Cl)c1. The van der Waals surface area contributed by atoms with E-state index in [0.717, 1.165) is 11.1 Å². The van der Waals surface area contributed by atoms with E-state index in [1.165, 1.54) is 4.90 Å². The molecule has 2 rings (SSSR count). The lowest BCUT2D eigenvalue weighted by molar-refractivity contribution is 0.00770. The molecule has 2 atom stereocenters. The molecule has 0 aromatic heterocycles. The van der Waals surface area contributed by atoms with Crippen molar-refractivity contribution in [2.75, 3.05) is 6.54 Å². The van der Waals surface area contributed by atoms with Gasteiger partial charge in [0.1, 0.15) is 0 Å². The fraction of sp³-hybridized carbons (Fsp3) is 0.409. The number of aliphatic hydroxyl groups excluding tert-OH is 1.